The Hall–Kier alpha value is -0.970. The largest absolute Gasteiger partial charge is 0.481 e. The lowest BCUT2D eigenvalue weighted by Crippen LogP contribution is -2.34. The molecule has 1 saturated heterocycles. The average molecular weight is 269 g/mol. The number of hydrogen-bond acceptors (Lipinski definition) is 3. The lowest BCUT2D eigenvalue weighted by atomic mass is 9.98. The van der Waals surface area contributed by atoms with Gasteiger partial charge in [-0.2, -0.15) is 11.8 Å². The summed E-state index contributed by atoms with van der Waals surface area (Å²) in [7, 11) is 0. The molecular weight excluding hydrogens is 250 g/mol. The summed E-state index contributed by atoms with van der Waals surface area (Å²) in [6.45, 7) is 0. The van der Waals surface area contributed by atoms with Gasteiger partial charge in [0.15, 0.2) is 0 Å². The van der Waals surface area contributed by atoms with Crippen LogP contribution in [0, 0.1) is 11.8 Å². The Kier molecular flexibility index (Phi) is 4.69. The second-order valence-electron chi connectivity index (χ2n) is 5.00. The first-order chi connectivity index (χ1) is 8.65. The monoisotopic (exact) mass is 269 g/mol. The van der Waals surface area contributed by atoms with E-state index in [4.69, 9.17) is 5.11 Å². The van der Waals surface area contributed by atoms with Crippen LogP contribution >= 0.6 is 11.8 Å². The van der Waals surface area contributed by atoms with E-state index in [-0.39, 0.29) is 11.9 Å². The van der Waals surface area contributed by atoms with Gasteiger partial charge < -0.3 is 10.4 Å². The van der Waals surface area contributed by atoms with Gasteiger partial charge in [0.25, 0.3) is 0 Å². The molecule has 2 atom stereocenters. The van der Waals surface area contributed by atoms with Gasteiger partial charge in [0.05, 0.1) is 5.92 Å². The first-order valence-electron chi connectivity index (χ1n) is 6.43. The van der Waals surface area contributed by atoms with Crippen LogP contribution in [0.25, 0.3) is 0 Å². The molecular formula is C13H19NO3S. The SMILES string of the molecule is O=C(CC1CCSCC1)NC1C=CC(C(=O)O)C1. The van der Waals surface area contributed by atoms with E-state index in [1.54, 1.807) is 12.2 Å². The molecule has 0 aromatic carbocycles. The summed E-state index contributed by atoms with van der Waals surface area (Å²) in [5.74, 6) is 1.62. The summed E-state index contributed by atoms with van der Waals surface area (Å²) in [6, 6.07) is -0.100. The summed E-state index contributed by atoms with van der Waals surface area (Å²) in [4.78, 5) is 22.6. The third-order valence-electron chi connectivity index (χ3n) is 3.56. The Morgan fingerprint density at radius 3 is 2.61 bits per heavy atom. The number of hydrogen-bond donors (Lipinski definition) is 2. The number of carbonyl (C=O) groups excluding carboxylic acids is 1. The highest BCUT2D eigenvalue weighted by atomic mass is 32.2. The first-order valence-corrected chi connectivity index (χ1v) is 7.59. The van der Waals surface area contributed by atoms with E-state index in [0.717, 1.165) is 24.3 Å². The van der Waals surface area contributed by atoms with Crippen LogP contribution in [0.3, 0.4) is 0 Å². The zero-order valence-electron chi connectivity index (χ0n) is 10.3. The Morgan fingerprint density at radius 2 is 2.00 bits per heavy atom. The molecule has 18 heavy (non-hydrogen) atoms. The zero-order chi connectivity index (χ0) is 13.0. The van der Waals surface area contributed by atoms with E-state index in [1.807, 2.05) is 11.8 Å². The second-order valence-corrected chi connectivity index (χ2v) is 6.22. The minimum atomic E-state index is -0.813. The molecule has 0 radical (unpaired) electrons. The molecule has 2 rings (SSSR count). The number of carbonyl (C=O) groups is 2. The van der Waals surface area contributed by atoms with Crippen molar-refractivity contribution < 1.29 is 14.7 Å². The highest BCUT2D eigenvalue weighted by Gasteiger charge is 2.26. The fraction of sp³-hybridized carbons (Fsp3) is 0.692. The van der Waals surface area contributed by atoms with Crippen molar-refractivity contribution in [2.24, 2.45) is 11.8 Å². The normalized spacial score (nSPS) is 28.2. The van der Waals surface area contributed by atoms with Crippen molar-refractivity contribution in [1.82, 2.24) is 5.32 Å². The maximum Gasteiger partial charge on any atom is 0.310 e. The van der Waals surface area contributed by atoms with Crippen molar-refractivity contribution in [3.63, 3.8) is 0 Å². The molecule has 5 heteroatoms. The van der Waals surface area contributed by atoms with E-state index in [1.165, 1.54) is 0 Å². The Labute approximate surface area is 111 Å². The van der Waals surface area contributed by atoms with Gasteiger partial charge in [-0.1, -0.05) is 12.2 Å². The van der Waals surface area contributed by atoms with Gasteiger partial charge in [-0.05, 0) is 36.7 Å². The Morgan fingerprint density at radius 1 is 1.28 bits per heavy atom. The first kappa shape index (κ1) is 13.5. The summed E-state index contributed by atoms with van der Waals surface area (Å²) in [6.07, 6.45) is 6.79. The molecule has 1 aliphatic heterocycles. The summed E-state index contributed by atoms with van der Waals surface area (Å²) in [5, 5.41) is 11.8. The number of nitrogens with one attached hydrogen (secondary N) is 1. The van der Waals surface area contributed by atoms with E-state index in [0.29, 0.717) is 18.8 Å². The quantitative estimate of drug-likeness (QED) is 0.762. The Bertz CT molecular complexity index is 350. The third-order valence-corrected chi connectivity index (χ3v) is 4.61. The van der Waals surface area contributed by atoms with Crippen LogP contribution in [0.5, 0.6) is 0 Å². The molecule has 0 bridgehead atoms. The minimum absolute atomic E-state index is 0.0626. The van der Waals surface area contributed by atoms with Crippen molar-refractivity contribution in [3.05, 3.63) is 12.2 Å². The van der Waals surface area contributed by atoms with Gasteiger partial charge in [-0.3, -0.25) is 9.59 Å². The van der Waals surface area contributed by atoms with Crippen LogP contribution in [-0.2, 0) is 9.59 Å². The molecule has 0 aromatic rings. The van der Waals surface area contributed by atoms with Crippen molar-refractivity contribution in [2.75, 3.05) is 11.5 Å². The van der Waals surface area contributed by atoms with Gasteiger partial charge in [-0.15, -0.1) is 0 Å². The van der Waals surface area contributed by atoms with Crippen LogP contribution in [-0.4, -0.2) is 34.5 Å². The third kappa shape index (κ3) is 3.77. The molecule has 100 valence electrons. The number of carboxylic acid groups (broad SMARTS) is 1. The molecule has 0 aromatic heterocycles. The Balaban J connectivity index is 1.72. The number of carboxylic acids is 1. The van der Waals surface area contributed by atoms with Gasteiger partial charge in [0.1, 0.15) is 0 Å². The minimum Gasteiger partial charge on any atom is -0.481 e. The van der Waals surface area contributed by atoms with E-state index in [9.17, 15) is 9.59 Å². The van der Waals surface area contributed by atoms with Gasteiger partial charge in [-0.25, -0.2) is 0 Å². The van der Waals surface area contributed by atoms with E-state index >= 15 is 0 Å². The van der Waals surface area contributed by atoms with E-state index in [2.05, 4.69) is 5.32 Å². The van der Waals surface area contributed by atoms with Crippen LogP contribution < -0.4 is 5.32 Å². The maximum atomic E-state index is 11.8. The van der Waals surface area contributed by atoms with Crippen LogP contribution in [0.2, 0.25) is 0 Å². The second kappa shape index (κ2) is 6.27. The standard InChI is InChI=1S/C13H19NO3S/c15-12(7-9-3-5-18-6-4-9)14-11-2-1-10(8-11)13(16)17/h1-2,9-11H,3-8H2,(H,14,15)(H,16,17). The van der Waals surface area contributed by atoms with Crippen LogP contribution in [0.15, 0.2) is 12.2 Å². The van der Waals surface area contributed by atoms with E-state index < -0.39 is 11.9 Å². The zero-order valence-corrected chi connectivity index (χ0v) is 11.1. The molecule has 0 spiro atoms. The fourth-order valence-electron chi connectivity index (χ4n) is 2.47. The number of aliphatic carboxylic acids is 1. The van der Waals surface area contributed by atoms with Gasteiger partial charge in [0.2, 0.25) is 5.91 Å². The summed E-state index contributed by atoms with van der Waals surface area (Å²) in [5.41, 5.74) is 0. The molecule has 1 fully saturated rings. The summed E-state index contributed by atoms with van der Waals surface area (Å²) < 4.78 is 0. The molecule has 1 heterocycles. The molecule has 1 amide bonds. The highest BCUT2D eigenvalue weighted by Crippen LogP contribution is 2.25. The smallest absolute Gasteiger partial charge is 0.310 e. The number of amides is 1. The molecule has 2 unspecified atom stereocenters. The summed E-state index contributed by atoms with van der Waals surface area (Å²) >= 11 is 1.95. The topological polar surface area (TPSA) is 66.4 Å². The van der Waals surface area contributed by atoms with Crippen molar-refractivity contribution >= 4 is 23.6 Å². The predicted octanol–water partition coefficient (Wildman–Crippen LogP) is 1.67. The predicted molar refractivity (Wildman–Crippen MR) is 71.5 cm³/mol. The van der Waals surface area contributed by atoms with Gasteiger partial charge in [0, 0.05) is 12.5 Å². The lowest BCUT2D eigenvalue weighted by molar-refractivity contribution is -0.140. The molecule has 4 nitrogen and oxygen atoms in total. The lowest BCUT2D eigenvalue weighted by Gasteiger charge is -2.21. The molecule has 1 aliphatic carbocycles. The van der Waals surface area contributed by atoms with Crippen molar-refractivity contribution in [3.8, 4) is 0 Å². The van der Waals surface area contributed by atoms with Crippen LogP contribution in [0.4, 0.5) is 0 Å². The van der Waals surface area contributed by atoms with Crippen molar-refractivity contribution in [1.29, 1.82) is 0 Å². The maximum absolute atomic E-state index is 11.8. The fourth-order valence-corrected chi connectivity index (χ4v) is 3.67. The molecule has 2 N–H and O–H groups in total. The molecule has 2 aliphatic rings. The highest BCUT2D eigenvalue weighted by molar-refractivity contribution is 7.99. The van der Waals surface area contributed by atoms with Gasteiger partial charge >= 0.3 is 5.97 Å². The average Bonchev–Trinajstić information content (AvgIpc) is 2.78. The number of rotatable bonds is 4. The van der Waals surface area contributed by atoms with Crippen molar-refractivity contribution in [2.45, 2.75) is 31.7 Å². The van der Waals surface area contributed by atoms with Crippen LogP contribution in [0.1, 0.15) is 25.7 Å². The number of thioether (sulfide) groups is 1. The molecule has 0 saturated carbocycles.